The van der Waals surface area contributed by atoms with Crippen LogP contribution in [-0.2, 0) is 4.74 Å². The van der Waals surface area contributed by atoms with Gasteiger partial charge in [0.15, 0.2) is 0 Å². The van der Waals surface area contributed by atoms with Crippen molar-refractivity contribution in [3.63, 3.8) is 0 Å². The number of nitro groups is 1. The van der Waals surface area contributed by atoms with Gasteiger partial charge in [-0.1, -0.05) is 12.1 Å². The third kappa shape index (κ3) is 4.95. The molecule has 10 nitrogen and oxygen atoms in total. The molecule has 4 rings (SSSR count). The number of benzene rings is 2. The van der Waals surface area contributed by atoms with Gasteiger partial charge in [-0.3, -0.25) is 19.8 Å². The minimum absolute atomic E-state index is 0.0737. The van der Waals surface area contributed by atoms with Crippen LogP contribution in [-0.4, -0.2) is 80.2 Å². The number of ether oxygens (including phenoxy) is 2. The van der Waals surface area contributed by atoms with Gasteiger partial charge < -0.3 is 19.3 Å². The van der Waals surface area contributed by atoms with Crippen LogP contribution in [0.1, 0.15) is 22.0 Å². The third-order valence-corrected chi connectivity index (χ3v) is 6.29. The smallest absolute Gasteiger partial charge is 0.293 e. The first-order valence-electron chi connectivity index (χ1n) is 11.2. The Balaban J connectivity index is 1.44. The zero-order valence-electron chi connectivity index (χ0n) is 19.1. The SMILES string of the molecule is COc1ccc([C@H](C#N)N2CCN(C(=O)c3ccc(N4CCOCC4)c([N+](=O)[O-])c3)CC2)cc1. The second-order valence-electron chi connectivity index (χ2n) is 8.19. The normalized spacial score (nSPS) is 17.6. The summed E-state index contributed by atoms with van der Waals surface area (Å²) in [5.74, 6) is 0.485. The first-order valence-corrected chi connectivity index (χ1v) is 11.2. The molecule has 0 radical (unpaired) electrons. The summed E-state index contributed by atoms with van der Waals surface area (Å²) < 4.78 is 10.5. The highest BCUT2D eigenvalue weighted by molar-refractivity contribution is 5.96. The second kappa shape index (κ2) is 10.5. The summed E-state index contributed by atoms with van der Waals surface area (Å²) in [4.78, 5) is 30.0. The average molecular weight is 466 g/mol. The summed E-state index contributed by atoms with van der Waals surface area (Å²) in [6, 6.07) is 14.0. The monoisotopic (exact) mass is 465 g/mol. The lowest BCUT2D eigenvalue weighted by atomic mass is 10.0. The Kier molecular flexibility index (Phi) is 7.25. The van der Waals surface area contributed by atoms with E-state index < -0.39 is 11.0 Å². The van der Waals surface area contributed by atoms with Gasteiger partial charge in [0.1, 0.15) is 17.5 Å². The van der Waals surface area contributed by atoms with Crippen LogP contribution in [0.25, 0.3) is 0 Å². The van der Waals surface area contributed by atoms with E-state index in [4.69, 9.17) is 9.47 Å². The standard InChI is InChI=1S/C24H27N5O5/c1-33-20-5-2-18(3-6-20)23(17-25)26-8-10-28(11-9-26)24(30)19-4-7-21(22(16-19)29(31)32)27-12-14-34-15-13-27/h2-7,16,23H,8-15H2,1H3/t23-/m0/s1. The maximum absolute atomic E-state index is 13.1. The lowest BCUT2D eigenvalue weighted by molar-refractivity contribution is -0.384. The van der Waals surface area contributed by atoms with Crippen molar-refractivity contribution in [2.75, 3.05) is 64.5 Å². The summed E-state index contributed by atoms with van der Waals surface area (Å²) in [5, 5.41) is 21.5. The topological polar surface area (TPSA) is 112 Å². The number of anilines is 1. The van der Waals surface area contributed by atoms with Crippen LogP contribution in [0.15, 0.2) is 42.5 Å². The Morgan fingerprint density at radius 2 is 1.76 bits per heavy atom. The molecule has 0 aliphatic carbocycles. The summed E-state index contributed by atoms with van der Waals surface area (Å²) >= 11 is 0. The molecule has 0 N–H and O–H groups in total. The molecule has 0 saturated carbocycles. The Morgan fingerprint density at radius 1 is 1.09 bits per heavy atom. The fourth-order valence-electron chi connectivity index (χ4n) is 4.39. The number of piperazine rings is 1. The number of carbonyl (C=O) groups is 1. The molecule has 10 heteroatoms. The van der Waals surface area contributed by atoms with E-state index in [1.165, 1.54) is 6.07 Å². The highest BCUT2D eigenvalue weighted by atomic mass is 16.6. The molecule has 0 spiro atoms. The molecule has 2 aliphatic heterocycles. The van der Waals surface area contributed by atoms with E-state index in [1.54, 1.807) is 24.1 Å². The highest BCUT2D eigenvalue weighted by Gasteiger charge is 2.29. The van der Waals surface area contributed by atoms with Crippen LogP contribution >= 0.6 is 0 Å². The molecule has 0 aromatic heterocycles. The first kappa shape index (κ1) is 23.5. The van der Waals surface area contributed by atoms with E-state index in [2.05, 4.69) is 6.07 Å². The van der Waals surface area contributed by atoms with Gasteiger partial charge in [-0.2, -0.15) is 5.26 Å². The molecule has 1 amide bonds. The van der Waals surface area contributed by atoms with Crippen LogP contribution in [0, 0.1) is 21.4 Å². The number of hydrogen-bond acceptors (Lipinski definition) is 8. The van der Waals surface area contributed by atoms with Gasteiger partial charge >= 0.3 is 0 Å². The predicted molar refractivity (Wildman–Crippen MR) is 125 cm³/mol. The first-order chi connectivity index (χ1) is 16.5. The summed E-state index contributed by atoms with van der Waals surface area (Å²) in [6.45, 7) is 4.12. The maximum atomic E-state index is 13.1. The van der Waals surface area contributed by atoms with Crippen molar-refractivity contribution in [2.24, 2.45) is 0 Å². The molecule has 2 fully saturated rings. The second-order valence-corrected chi connectivity index (χ2v) is 8.19. The van der Waals surface area contributed by atoms with E-state index in [9.17, 15) is 20.2 Å². The number of carbonyl (C=O) groups excluding carboxylic acids is 1. The highest BCUT2D eigenvalue weighted by Crippen LogP contribution is 2.31. The molecule has 0 bridgehead atoms. The van der Waals surface area contributed by atoms with Crippen molar-refractivity contribution in [1.29, 1.82) is 5.26 Å². The summed E-state index contributed by atoms with van der Waals surface area (Å²) in [6.07, 6.45) is 0. The van der Waals surface area contributed by atoms with Crippen LogP contribution in [0.5, 0.6) is 5.75 Å². The number of nitro benzene ring substituents is 1. The zero-order valence-corrected chi connectivity index (χ0v) is 19.1. The molecule has 178 valence electrons. The minimum atomic E-state index is -0.439. The predicted octanol–water partition coefficient (Wildman–Crippen LogP) is 2.46. The average Bonchev–Trinajstić information content (AvgIpc) is 2.89. The number of nitriles is 1. The Bertz CT molecular complexity index is 1070. The molecule has 2 saturated heterocycles. The van der Waals surface area contributed by atoms with Gasteiger partial charge in [0.25, 0.3) is 11.6 Å². The van der Waals surface area contributed by atoms with Crippen molar-refractivity contribution >= 4 is 17.3 Å². The Hall–Kier alpha value is -3.68. The molecule has 2 aromatic rings. The van der Waals surface area contributed by atoms with Crippen LogP contribution < -0.4 is 9.64 Å². The van der Waals surface area contributed by atoms with Gasteiger partial charge in [0.05, 0.1) is 31.3 Å². The van der Waals surface area contributed by atoms with Crippen molar-refractivity contribution in [3.8, 4) is 11.8 Å². The van der Waals surface area contributed by atoms with E-state index in [-0.39, 0.29) is 11.6 Å². The quantitative estimate of drug-likeness (QED) is 0.472. The van der Waals surface area contributed by atoms with Crippen LogP contribution in [0.2, 0.25) is 0 Å². The van der Waals surface area contributed by atoms with Crippen LogP contribution in [0.3, 0.4) is 0 Å². The van der Waals surface area contributed by atoms with Gasteiger partial charge in [0, 0.05) is 50.9 Å². The van der Waals surface area contributed by atoms with Gasteiger partial charge in [-0.15, -0.1) is 0 Å². The molecule has 2 heterocycles. The van der Waals surface area contributed by atoms with Crippen molar-refractivity contribution in [3.05, 3.63) is 63.7 Å². The molecule has 0 unspecified atom stereocenters. The Morgan fingerprint density at radius 3 is 2.35 bits per heavy atom. The van der Waals surface area contributed by atoms with Gasteiger partial charge in [0.2, 0.25) is 0 Å². The van der Waals surface area contributed by atoms with Crippen molar-refractivity contribution in [2.45, 2.75) is 6.04 Å². The number of rotatable bonds is 6. The maximum Gasteiger partial charge on any atom is 0.293 e. The Labute approximate surface area is 198 Å². The number of nitrogens with zero attached hydrogens (tertiary/aromatic N) is 5. The van der Waals surface area contributed by atoms with E-state index in [0.717, 1.165) is 11.3 Å². The molecule has 34 heavy (non-hydrogen) atoms. The fraction of sp³-hybridized carbons (Fsp3) is 0.417. The van der Waals surface area contributed by atoms with Crippen LogP contribution in [0.4, 0.5) is 11.4 Å². The number of hydrogen-bond donors (Lipinski definition) is 0. The molecule has 1 atom stereocenters. The number of morpholine rings is 1. The zero-order chi connectivity index (χ0) is 24.1. The molecule has 2 aliphatic rings. The molecule has 2 aromatic carbocycles. The van der Waals surface area contributed by atoms with Crippen molar-refractivity contribution < 1.29 is 19.2 Å². The van der Waals surface area contributed by atoms with Gasteiger partial charge in [-0.25, -0.2) is 0 Å². The third-order valence-electron chi connectivity index (χ3n) is 6.29. The van der Waals surface area contributed by atoms with E-state index in [1.807, 2.05) is 34.1 Å². The molecular formula is C24H27N5O5. The summed E-state index contributed by atoms with van der Waals surface area (Å²) in [5.41, 5.74) is 1.60. The fourth-order valence-corrected chi connectivity index (χ4v) is 4.39. The number of amides is 1. The lowest BCUT2D eigenvalue weighted by Crippen LogP contribution is -2.49. The van der Waals surface area contributed by atoms with E-state index in [0.29, 0.717) is 63.7 Å². The van der Waals surface area contributed by atoms with Gasteiger partial charge in [-0.05, 0) is 29.8 Å². The van der Waals surface area contributed by atoms with Crippen molar-refractivity contribution in [1.82, 2.24) is 9.80 Å². The lowest BCUT2D eigenvalue weighted by Gasteiger charge is -2.37. The number of methoxy groups -OCH3 is 1. The van der Waals surface area contributed by atoms with E-state index >= 15 is 0 Å². The summed E-state index contributed by atoms with van der Waals surface area (Å²) in [7, 11) is 1.60. The largest absolute Gasteiger partial charge is 0.497 e. The minimum Gasteiger partial charge on any atom is -0.497 e. The molecular weight excluding hydrogens is 438 g/mol.